The number of aromatic nitrogens is 2. The molecule has 4 heterocycles. The standard InChI is InChI=1S/C23H28N4O2/c1-29-19-5-2-4-16(10-19)11-21-18-12-17(20-6-3-7-23(28)27(20)21)14-26(15-18)22-13-24-8-9-25-22/h2,4-5,8-10,13,17-18,20-21H,3,6-7,11-12,14-15H2,1H3/t17-,18+,20+,21+/m1/s1. The normalized spacial score (nSPS) is 28.8. The van der Waals surface area contributed by atoms with Gasteiger partial charge in [0.15, 0.2) is 0 Å². The highest BCUT2D eigenvalue weighted by Gasteiger charge is 2.49. The van der Waals surface area contributed by atoms with E-state index < -0.39 is 0 Å². The van der Waals surface area contributed by atoms with E-state index in [2.05, 4.69) is 31.9 Å². The summed E-state index contributed by atoms with van der Waals surface area (Å²) in [6, 6.07) is 8.87. The van der Waals surface area contributed by atoms with Gasteiger partial charge < -0.3 is 14.5 Å². The fourth-order valence-corrected chi connectivity index (χ4v) is 5.72. The van der Waals surface area contributed by atoms with Crippen molar-refractivity contribution < 1.29 is 9.53 Å². The van der Waals surface area contributed by atoms with Crippen LogP contribution in [0.5, 0.6) is 5.75 Å². The molecule has 0 aliphatic carbocycles. The van der Waals surface area contributed by atoms with Crippen molar-refractivity contribution in [1.29, 1.82) is 0 Å². The summed E-state index contributed by atoms with van der Waals surface area (Å²) in [6.45, 7) is 1.90. The van der Waals surface area contributed by atoms with Gasteiger partial charge >= 0.3 is 0 Å². The van der Waals surface area contributed by atoms with Gasteiger partial charge in [0.1, 0.15) is 11.6 Å². The van der Waals surface area contributed by atoms with Gasteiger partial charge in [0, 0.05) is 44.0 Å². The minimum Gasteiger partial charge on any atom is -0.497 e. The molecule has 2 bridgehead atoms. The zero-order valence-electron chi connectivity index (χ0n) is 16.9. The Kier molecular flexibility index (Phi) is 4.86. The molecule has 29 heavy (non-hydrogen) atoms. The van der Waals surface area contributed by atoms with E-state index in [1.807, 2.05) is 18.3 Å². The lowest BCUT2D eigenvalue weighted by Gasteiger charge is -2.57. The number of carbonyl (C=O) groups is 1. The Hall–Kier alpha value is -2.63. The maximum Gasteiger partial charge on any atom is 0.223 e. The summed E-state index contributed by atoms with van der Waals surface area (Å²) in [5.74, 6) is 3.14. The van der Waals surface area contributed by atoms with Gasteiger partial charge in [-0.15, -0.1) is 0 Å². The zero-order chi connectivity index (χ0) is 19.8. The van der Waals surface area contributed by atoms with Gasteiger partial charge in [-0.2, -0.15) is 0 Å². The predicted molar refractivity (Wildman–Crippen MR) is 111 cm³/mol. The molecule has 0 unspecified atom stereocenters. The smallest absolute Gasteiger partial charge is 0.223 e. The van der Waals surface area contributed by atoms with E-state index in [-0.39, 0.29) is 6.04 Å². The number of nitrogens with zero attached hydrogens (tertiary/aromatic N) is 4. The number of rotatable bonds is 4. The second kappa shape index (κ2) is 7.65. The first-order chi connectivity index (χ1) is 14.2. The highest BCUT2D eigenvalue weighted by molar-refractivity contribution is 5.78. The third-order valence-electron chi connectivity index (χ3n) is 6.95. The maximum atomic E-state index is 13.0. The van der Waals surface area contributed by atoms with Gasteiger partial charge in [0.25, 0.3) is 0 Å². The summed E-state index contributed by atoms with van der Waals surface area (Å²) in [7, 11) is 1.70. The summed E-state index contributed by atoms with van der Waals surface area (Å²) in [5.41, 5.74) is 1.24. The summed E-state index contributed by atoms with van der Waals surface area (Å²) in [6.07, 6.45) is 10.3. The summed E-state index contributed by atoms with van der Waals surface area (Å²) >= 11 is 0. The van der Waals surface area contributed by atoms with Gasteiger partial charge in [-0.1, -0.05) is 12.1 Å². The molecule has 0 radical (unpaired) electrons. The number of anilines is 1. The van der Waals surface area contributed by atoms with Crippen molar-refractivity contribution >= 4 is 11.7 Å². The third-order valence-corrected chi connectivity index (χ3v) is 6.95. The van der Waals surface area contributed by atoms with E-state index in [0.717, 1.165) is 43.9 Å². The van der Waals surface area contributed by atoms with Crippen LogP contribution in [0.2, 0.25) is 0 Å². The van der Waals surface area contributed by atoms with Gasteiger partial charge in [-0.3, -0.25) is 9.78 Å². The molecule has 1 aromatic carbocycles. The van der Waals surface area contributed by atoms with Crippen LogP contribution in [0.15, 0.2) is 42.9 Å². The lowest BCUT2D eigenvalue weighted by atomic mass is 9.71. The molecule has 6 nitrogen and oxygen atoms in total. The quantitative estimate of drug-likeness (QED) is 0.801. The van der Waals surface area contributed by atoms with Crippen LogP contribution in [0, 0.1) is 11.8 Å². The molecule has 3 aliphatic heterocycles. The van der Waals surface area contributed by atoms with Crippen LogP contribution < -0.4 is 9.64 Å². The van der Waals surface area contributed by atoms with E-state index in [1.54, 1.807) is 19.5 Å². The monoisotopic (exact) mass is 392 g/mol. The summed E-state index contributed by atoms with van der Waals surface area (Å²) < 4.78 is 5.42. The Morgan fingerprint density at radius 3 is 2.93 bits per heavy atom. The molecule has 3 aliphatic rings. The van der Waals surface area contributed by atoms with Crippen LogP contribution in [0.25, 0.3) is 0 Å². The Balaban J connectivity index is 1.46. The second-order valence-electron chi connectivity index (χ2n) is 8.61. The van der Waals surface area contributed by atoms with Crippen LogP contribution in [0.3, 0.4) is 0 Å². The van der Waals surface area contributed by atoms with Crippen LogP contribution in [-0.4, -0.2) is 53.1 Å². The van der Waals surface area contributed by atoms with Crippen molar-refractivity contribution in [2.75, 3.05) is 25.1 Å². The molecule has 0 N–H and O–H groups in total. The van der Waals surface area contributed by atoms with E-state index in [0.29, 0.717) is 30.2 Å². The molecular formula is C23H28N4O2. The predicted octanol–water partition coefficient (Wildman–Crippen LogP) is 2.93. The van der Waals surface area contributed by atoms with Gasteiger partial charge in [-0.25, -0.2) is 4.98 Å². The molecule has 1 aromatic heterocycles. The fourth-order valence-electron chi connectivity index (χ4n) is 5.72. The van der Waals surface area contributed by atoms with Crippen molar-refractivity contribution in [2.45, 2.75) is 44.2 Å². The number of hydrogen-bond acceptors (Lipinski definition) is 5. The van der Waals surface area contributed by atoms with Crippen LogP contribution in [-0.2, 0) is 11.2 Å². The van der Waals surface area contributed by atoms with Crippen LogP contribution in [0.4, 0.5) is 5.82 Å². The molecule has 5 rings (SSSR count). The van der Waals surface area contributed by atoms with Crippen molar-refractivity contribution in [1.82, 2.24) is 14.9 Å². The largest absolute Gasteiger partial charge is 0.497 e. The number of methoxy groups -OCH3 is 1. The van der Waals surface area contributed by atoms with Crippen molar-refractivity contribution in [3.8, 4) is 5.75 Å². The summed E-state index contributed by atoms with van der Waals surface area (Å²) in [4.78, 5) is 26.5. The van der Waals surface area contributed by atoms with Crippen molar-refractivity contribution in [3.05, 3.63) is 48.4 Å². The molecule has 0 spiro atoms. The van der Waals surface area contributed by atoms with Crippen LogP contribution in [0.1, 0.15) is 31.2 Å². The number of piperidine rings is 3. The van der Waals surface area contributed by atoms with Crippen LogP contribution >= 0.6 is 0 Å². The van der Waals surface area contributed by atoms with Crippen molar-refractivity contribution in [3.63, 3.8) is 0 Å². The van der Waals surface area contributed by atoms with E-state index in [9.17, 15) is 4.79 Å². The molecule has 0 saturated carbocycles. The molecular weight excluding hydrogens is 364 g/mol. The molecule has 1 amide bonds. The Bertz CT molecular complexity index is 874. The Labute approximate surface area is 171 Å². The molecule has 3 fully saturated rings. The number of amides is 1. The topological polar surface area (TPSA) is 58.6 Å². The first-order valence-corrected chi connectivity index (χ1v) is 10.7. The number of fused-ring (bicyclic) bond motifs is 4. The van der Waals surface area contributed by atoms with Gasteiger partial charge in [0.05, 0.1) is 13.3 Å². The minimum atomic E-state index is 0.232. The molecule has 2 aromatic rings. The highest BCUT2D eigenvalue weighted by Crippen LogP contribution is 2.43. The fraction of sp³-hybridized carbons (Fsp3) is 0.522. The SMILES string of the molecule is COc1cccc(C[C@H]2[C@H]3C[C@H](CN(c4cnccn4)C3)[C@@H]3CCCC(=O)N32)c1. The summed E-state index contributed by atoms with van der Waals surface area (Å²) in [5, 5.41) is 0. The number of ether oxygens (including phenoxy) is 1. The second-order valence-corrected chi connectivity index (χ2v) is 8.61. The number of hydrogen-bond donors (Lipinski definition) is 0. The molecule has 4 atom stereocenters. The Morgan fingerprint density at radius 2 is 2.10 bits per heavy atom. The average molecular weight is 393 g/mol. The highest BCUT2D eigenvalue weighted by atomic mass is 16.5. The molecule has 6 heteroatoms. The average Bonchev–Trinajstić information content (AvgIpc) is 2.77. The lowest BCUT2D eigenvalue weighted by Crippen LogP contribution is -2.65. The third kappa shape index (κ3) is 3.45. The molecule has 152 valence electrons. The lowest BCUT2D eigenvalue weighted by molar-refractivity contribution is -0.148. The maximum absolute atomic E-state index is 13.0. The zero-order valence-corrected chi connectivity index (χ0v) is 16.9. The first-order valence-electron chi connectivity index (χ1n) is 10.7. The Morgan fingerprint density at radius 1 is 1.21 bits per heavy atom. The van der Waals surface area contributed by atoms with Gasteiger partial charge in [0.2, 0.25) is 5.91 Å². The minimum absolute atomic E-state index is 0.232. The van der Waals surface area contributed by atoms with E-state index in [1.165, 1.54) is 12.0 Å². The van der Waals surface area contributed by atoms with E-state index in [4.69, 9.17) is 4.74 Å². The first kappa shape index (κ1) is 18.4. The molecule has 3 saturated heterocycles. The van der Waals surface area contributed by atoms with Crippen molar-refractivity contribution in [2.24, 2.45) is 11.8 Å². The van der Waals surface area contributed by atoms with E-state index >= 15 is 0 Å². The van der Waals surface area contributed by atoms with Gasteiger partial charge in [-0.05, 0) is 55.2 Å². The number of benzene rings is 1. The number of carbonyl (C=O) groups excluding carboxylic acids is 1.